The summed E-state index contributed by atoms with van der Waals surface area (Å²) < 4.78 is 40.2. The molecule has 8 heteroatoms. The lowest BCUT2D eigenvalue weighted by molar-refractivity contribution is -0.150. The Balaban J connectivity index is 1.96. The Bertz CT molecular complexity index is 888. The summed E-state index contributed by atoms with van der Waals surface area (Å²) in [6.45, 7) is 2.11. The van der Waals surface area contributed by atoms with Crippen molar-refractivity contribution in [3.05, 3.63) is 35.5 Å². The van der Waals surface area contributed by atoms with Crippen molar-refractivity contribution in [2.45, 2.75) is 25.9 Å². The van der Waals surface area contributed by atoms with Gasteiger partial charge >= 0.3 is 12.1 Å². The van der Waals surface area contributed by atoms with Gasteiger partial charge < -0.3 is 14.6 Å². The maximum atomic E-state index is 12.9. The van der Waals surface area contributed by atoms with Gasteiger partial charge in [0.2, 0.25) is 0 Å². The molecule has 26 heavy (non-hydrogen) atoms. The molecule has 0 saturated carbocycles. The third-order valence-corrected chi connectivity index (χ3v) is 5.09. The van der Waals surface area contributed by atoms with Crippen LogP contribution in [-0.4, -0.2) is 39.5 Å². The molecule has 2 aromatic rings. The van der Waals surface area contributed by atoms with E-state index in [4.69, 9.17) is 0 Å². The fraction of sp³-hybridized carbons (Fsp3) is 0.444. The molecule has 0 bridgehead atoms. The van der Waals surface area contributed by atoms with Crippen molar-refractivity contribution in [3.8, 4) is 0 Å². The molecule has 5 nitrogen and oxygen atoms in total. The highest BCUT2D eigenvalue weighted by molar-refractivity contribution is 5.99. The molecule has 1 unspecified atom stereocenters. The number of carbonyl (C=O) groups is 2. The standard InChI is InChI=1S/C18H19F3N2O3/c1-17(16(25)26)6-3-7-23(10-17)15(24)14-9-11-8-12(18(19,20)21)4-5-13(11)22(14)2/h4-5,8-9H,3,6-7,10H2,1-2H3,(H,25,26). The number of halogens is 3. The monoisotopic (exact) mass is 368 g/mol. The van der Waals surface area contributed by atoms with Gasteiger partial charge in [0.25, 0.3) is 5.91 Å². The van der Waals surface area contributed by atoms with Crippen molar-refractivity contribution in [1.82, 2.24) is 9.47 Å². The third kappa shape index (κ3) is 3.04. The Kier molecular flexibility index (Phi) is 4.24. The molecule has 1 aromatic heterocycles. The van der Waals surface area contributed by atoms with Crippen molar-refractivity contribution >= 4 is 22.8 Å². The average Bonchev–Trinajstić information content (AvgIpc) is 2.90. The quantitative estimate of drug-likeness (QED) is 0.882. The van der Waals surface area contributed by atoms with Crippen LogP contribution in [0.25, 0.3) is 10.9 Å². The lowest BCUT2D eigenvalue weighted by Gasteiger charge is -2.37. The van der Waals surface area contributed by atoms with E-state index in [-0.39, 0.29) is 18.1 Å². The van der Waals surface area contributed by atoms with Crippen molar-refractivity contribution in [2.75, 3.05) is 13.1 Å². The second-order valence-electron chi connectivity index (χ2n) is 7.06. The zero-order chi connectivity index (χ0) is 19.3. The Hall–Kier alpha value is -2.51. The second-order valence-corrected chi connectivity index (χ2v) is 7.06. The minimum Gasteiger partial charge on any atom is -0.481 e. The molecular formula is C18H19F3N2O3. The second kappa shape index (κ2) is 6.03. The van der Waals surface area contributed by atoms with Crippen LogP contribution in [0.5, 0.6) is 0 Å². The molecule has 0 spiro atoms. The Morgan fingerprint density at radius 2 is 1.92 bits per heavy atom. The van der Waals surface area contributed by atoms with Gasteiger partial charge in [-0.3, -0.25) is 9.59 Å². The molecule has 1 saturated heterocycles. The van der Waals surface area contributed by atoms with Crippen LogP contribution < -0.4 is 0 Å². The fourth-order valence-corrected chi connectivity index (χ4v) is 3.48. The zero-order valence-electron chi connectivity index (χ0n) is 14.4. The average molecular weight is 368 g/mol. The summed E-state index contributed by atoms with van der Waals surface area (Å²) in [6.07, 6.45) is -3.41. The van der Waals surface area contributed by atoms with Crippen LogP contribution in [0.4, 0.5) is 13.2 Å². The molecule has 3 rings (SSSR count). The molecule has 1 fully saturated rings. The number of aryl methyl sites for hydroxylation is 1. The van der Waals surface area contributed by atoms with E-state index in [9.17, 15) is 27.9 Å². The Labute approximate surface area is 148 Å². The van der Waals surface area contributed by atoms with E-state index < -0.39 is 23.1 Å². The van der Waals surface area contributed by atoms with Crippen molar-refractivity contribution in [3.63, 3.8) is 0 Å². The molecular weight excluding hydrogens is 349 g/mol. The van der Waals surface area contributed by atoms with Crippen LogP contribution >= 0.6 is 0 Å². The number of likely N-dealkylation sites (tertiary alicyclic amines) is 1. The Morgan fingerprint density at radius 3 is 2.54 bits per heavy atom. The van der Waals surface area contributed by atoms with Gasteiger partial charge in [0, 0.05) is 31.0 Å². The lowest BCUT2D eigenvalue weighted by Crippen LogP contribution is -2.48. The van der Waals surface area contributed by atoms with Gasteiger partial charge in [-0.15, -0.1) is 0 Å². The van der Waals surface area contributed by atoms with E-state index in [1.807, 2.05) is 0 Å². The Morgan fingerprint density at radius 1 is 1.23 bits per heavy atom. The van der Waals surface area contributed by atoms with Crippen LogP contribution in [0, 0.1) is 5.41 Å². The number of carboxylic acid groups (broad SMARTS) is 1. The smallest absolute Gasteiger partial charge is 0.416 e. The van der Waals surface area contributed by atoms with Gasteiger partial charge in [-0.2, -0.15) is 13.2 Å². The number of nitrogens with zero attached hydrogens (tertiary/aromatic N) is 2. The first-order chi connectivity index (χ1) is 12.0. The number of fused-ring (bicyclic) bond motifs is 1. The summed E-state index contributed by atoms with van der Waals surface area (Å²) in [4.78, 5) is 25.8. The lowest BCUT2D eigenvalue weighted by atomic mass is 9.82. The summed E-state index contributed by atoms with van der Waals surface area (Å²) in [5, 5.41) is 9.72. The van der Waals surface area contributed by atoms with E-state index >= 15 is 0 Å². The van der Waals surface area contributed by atoms with E-state index in [1.54, 1.807) is 18.5 Å². The number of carboxylic acids is 1. The van der Waals surface area contributed by atoms with Crippen molar-refractivity contribution in [2.24, 2.45) is 12.5 Å². The van der Waals surface area contributed by atoms with E-state index in [0.717, 1.165) is 12.1 Å². The SMILES string of the molecule is Cn1c(C(=O)N2CCCC(C)(C(=O)O)C2)cc2cc(C(F)(F)F)ccc21. The molecule has 0 aliphatic carbocycles. The van der Waals surface area contributed by atoms with Gasteiger partial charge in [0.1, 0.15) is 5.69 Å². The number of carbonyl (C=O) groups excluding carboxylic acids is 1. The molecule has 2 heterocycles. The van der Waals surface area contributed by atoms with Gasteiger partial charge in [-0.05, 0) is 44.0 Å². The summed E-state index contributed by atoms with van der Waals surface area (Å²) in [7, 11) is 1.61. The van der Waals surface area contributed by atoms with Gasteiger partial charge in [-0.25, -0.2) is 0 Å². The van der Waals surface area contributed by atoms with Crippen LogP contribution in [-0.2, 0) is 18.0 Å². The molecule has 1 atom stereocenters. The van der Waals surface area contributed by atoms with Gasteiger partial charge in [0.05, 0.1) is 11.0 Å². The summed E-state index contributed by atoms with van der Waals surface area (Å²) in [5.74, 6) is -1.33. The number of rotatable bonds is 2. The van der Waals surface area contributed by atoms with Gasteiger partial charge in [0.15, 0.2) is 0 Å². The van der Waals surface area contributed by atoms with E-state index in [0.29, 0.717) is 30.3 Å². The molecule has 1 N–H and O–H groups in total. The zero-order valence-corrected chi connectivity index (χ0v) is 14.4. The predicted octanol–water partition coefficient (Wildman–Crippen LogP) is 3.52. The number of hydrogen-bond donors (Lipinski definition) is 1. The molecule has 1 aromatic carbocycles. The number of aliphatic carboxylic acids is 1. The highest BCUT2D eigenvalue weighted by atomic mass is 19.4. The van der Waals surface area contributed by atoms with Crippen LogP contribution in [0.3, 0.4) is 0 Å². The molecule has 140 valence electrons. The van der Waals surface area contributed by atoms with Crippen LogP contribution in [0.15, 0.2) is 24.3 Å². The first-order valence-corrected chi connectivity index (χ1v) is 8.22. The first kappa shape index (κ1) is 18.3. The normalized spacial score (nSPS) is 21.2. The topological polar surface area (TPSA) is 62.5 Å². The van der Waals surface area contributed by atoms with Gasteiger partial charge in [-0.1, -0.05) is 0 Å². The summed E-state index contributed by atoms with van der Waals surface area (Å²) in [6, 6.07) is 4.77. The maximum absolute atomic E-state index is 12.9. The van der Waals surface area contributed by atoms with Crippen molar-refractivity contribution < 1.29 is 27.9 Å². The number of alkyl halides is 3. The van der Waals surface area contributed by atoms with Crippen LogP contribution in [0.1, 0.15) is 35.8 Å². The van der Waals surface area contributed by atoms with E-state index in [2.05, 4.69) is 0 Å². The fourth-order valence-electron chi connectivity index (χ4n) is 3.48. The third-order valence-electron chi connectivity index (χ3n) is 5.09. The van der Waals surface area contributed by atoms with Crippen molar-refractivity contribution in [1.29, 1.82) is 0 Å². The highest BCUT2D eigenvalue weighted by Gasteiger charge is 2.40. The number of piperidine rings is 1. The van der Waals surface area contributed by atoms with Crippen LogP contribution in [0.2, 0.25) is 0 Å². The number of benzene rings is 1. The number of amides is 1. The minimum absolute atomic E-state index is 0.0799. The minimum atomic E-state index is -4.45. The van der Waals surface area contributed by atoms with E-state index in [1.165, 1.54) is 17.0 Å². The first-order valence-electron chi connectivity index (χ1n) is 8.22. The molecule has 1 aliphatic rings. The molecule has 1 aliphatic heterocycles. The molecule has 0 radical (unpaired) electrons. The number of hydrogen-bond acceptors (Lipinski definition) is 2. The summed E-state index contributed by atoms with van der Waals surface area (Å²) in [5.41, 5.74) is -1.03. The predicted molar refractivity (Wildman–Crippen MR) is 88.8 cm³/mol. The molecule has 1 amide bonds. The number of aromatic nitrogens is 1. The largest absolute Gasteiger partial charge is 0.481 e. The highest BCUT2D eigenvalue weighted by Crippen LogP contribution is 2.34. The maximum Gasteiger partial charge on any atom is 0.416 e. The summed E-state index contributed by atoms with van der Waals surface area (Å²) >= 11 is 0.